The summed E-state index contributed by atoms with van der Waals surface area (Å²) in [5.74, 6) is 0.586. The van der Waals surface area contributed by atoms with Gasteiger partial charge < -0.3 is 14.8 Å². The molecule has 0 unspecified atom stereocenters. The van der Waals surface area contributed by atoms with Crippen LogP contribution in [0.15, 0.2) is 36.8 Å². The number of benzene rings is 1. The van der Waals surface area contributed by atoms with Crippen molar-refractivity contribution in [3.8, 4) is 0 Å². The van der Waals surface area contributed by atoms with Crippen molar-refractivity contribution >= 4 is 43.0 Å². The number of fused-ring (bicyclic) bond motifs is 1. The molecule has 17 heteroatoms. The second-order valence-electron chi connectivity index (χ2n) is 7.30. The van der Waals surface area contributed by atoms with Crippen LogP contribution in [0.25, 0.3) is 11.2 Å². The van der Waals surface area contributed by atoms with Gasteiger partial charge in [0.25, 0.3) is 20.2 Å². The highest BCUT2D eigenvalue weighted by molar-refractivity contribution is 7.85. The molecule has 0 atom stereocenters. The van der Waals surface area contributed by atoms with E-state index < -0.39 is 32.0 Å². The normalized spacial score (nSPS) is 14.6. The molecule has 0 bridgehead atoms. The zero-order valence-electron chi connectivity index (χ0n) is 18.5. The third kappa shape index (κ3) is 10.4. The molecule has 0 radical (unpaired) electrons. The maximum Gasteiger partial charge on any atom is 0.416 e. The van der Waals surface area contributed by atoms with Gasteiger partial charge in [0.05, 0.1) is 30.6 Å². The largest absolute Gasteiger partial charge is 0.416 e. The number of piperazine rings is 1. The second kappa shape index (κ2) is 11.1. The summed E-state index contributed by atoms with van der Waals surface area (Å²) in [7, 11) is -7.33. The first-order chi connectivity index (χ1) is 16.0. The summed E-state index contributed by atoms with van der Waals surface area (Å²) in [6.07, 6.45) is 0.350. The molecule has 0 aliphatic carbocycles. The Morgan fingerprint density at radius 3 is 2.03 bits per heavy atom. The highest BCUT2D eigenvalue weighted by Gasteiger charge is 2.31. The van der Waals surface area contributed by atoms with E-state index in [9.17, 15) is 30.0 Å². The third-order valence-electron chi connectivity index (χ3n) is 4.26. The number of imidazole rings is 1. The van der Waals surface area contributed by atoms with Gasteiger partial charge >= 0.3 is 6.18 Å². The maximum absolute atomic E-state index is 12.9. The van der Waals surface area contributed by atoms with Gasteiger partial charge in [-0.1, -0.05) is 6.07 Å². The smallest absolute Gasteiger partial charge is 0.368 e. The Morgan fingerprint density at radius 2 is 1.49 bits per heavy atom. The fourth-order valence-electron chi connectivity index (χ4n) is 2.92. The van der Waals surface area contributed by atoms with Crippen LogP contribution in [0.4, 0.5) is 24.8 Å². The molecule has 0 spiro atoms. The quantitative estimate of drug-likeness (QED) is 0.404. The molecule has 1 saturated heterocycles. The maximum atomic E-state index is 12.9. The first-order valence-electron chi connectivity index (χ1n) is 9.69. The van der Waals surface area contributed by atoms with Gasteiger partial charge in [0.15, 0.2) is 5.65 Å². The molecule has 1 fully saturated rings. The Balaban J connectivity index is 0.000000368. The van der Waals surface area contributed by atoms with Crippen molar-refractivity contribution in [1.29, 1.82) is 0 Å². The van der Waals surface area contributed by atoms with Crippen LogP contribution in [0, 0.1) is 0 Å². The van der Waals surface area contributed by atoms with Crippen LogP contribution < -0.4 is 9.80 Å². The van der Waals surface area contributed by atoms with Crippen molar-refractivity contribution in [2.45, 2.75) is 6.18 Å². The van der Waals surface area contributed by atoms with Crippen LogP contribution in [0.5, 0.6) is 0 Å². The molecular weight excluding hydrogens is 517 g/mol. The Labute approximate surface area is 199 Å². The van der Waals surface area contributed by atoms with E-state index in [1.807, 2.05) is 9.80 Å². The Kier molecular flexibility index (Phi) is 8.99. The zero-order chi connectivity index (χ0) is 26.4. The van der Waals surface area contributed by atoms with Crippen molar-refractivity contribution in [3.63, 3.8) is 0 Å². The summed E-state index contributed by atoms with van der Waals surface area (Å²) in [4.78, 5) is 19.7. The number of aromatic nitrogens is 4. The number of hydrogen-bond acceptors (Lipinski definition) is 9. The SMILES string of the molecule is CS(=O)(=O)O.CS(=O)(=O)O.FC(F)(F)c1cccc(N2CCN(c3ncc4[nH]cnc4n3)CC2)c1. The molecule has 12 nitrogen and oxygen atoms in total. The highest BCUT2D eigenvalue weighted by atomic mass is 32.2. The molecule has 0 amide bonds. The van der Waals surface area contributed by atoms with E-state index in [4.69, 9.17) is 9.11 Å². The van der Waals surface area contributed by atoms with E-state index in [0.29, 0.717) is 56.0 Å². The van der Waals surface area contributed by atoms with Crippen LogP contribution in [0.3, 0.4) is 0 Å². The average Bonchev–Trinajstić information content (AvgIpc) is 3.19. The van der Waals surface area contributed by atoms with Crippen molar-refractivity contribution in [1.82, 2.24) is 19.9 Å². The fraction of sp³-hybridized carbons (Fsp3) is 0.389. The molecule has 3 aromatic rings. The number of hydrogen-bond donors (Lipinski definition) is 3. The summed E-state index contributed by atoms with van der Waals surface area (Å²) < 4.78 is 90.3. The van der Waals surface area contributed by atoms with Crippen LogP contribution in [-0.2, 0) is 26.4 Å². The monoisotopic (exact) mass is 540 g/mol. The topological polar surface area (TPSA) is 170 Å². The van der Waals surface area contributed by atoms with Crippen LogP contribution in [0.1, 0.15) is 5.56 Å². The first-order valence-corrected chi connectivity index (χ1v) is 13.4. The molecule has 3 heterocycles. The molecule has 35 heavy (non-hydrogen) atoms. The number of halogens is 3. The third-order valence-corrected chi connectivity index (χ3v) is 4.26. The molecular formula is C18H23F3N6O6S2. The van der Waals surface area contributed by atoms with E-state index >= 15 is 0 Å². The lowest BCUT2D eigenvalue weighted by Crippen LogP contribution is -2.47. The average molecular weight is 541 g/mol. The van der Waals surface area contributed by atoms with E-state index in [1.165, 1.54) is 12.1 Å². The molecule has 0 saturated carbocycles. The van der Waals surface area contributed by atoms with Crippen molar-refractivity contribution < 1.29 is 39.1 Å². The van der Waals surface area contributed by atoms with Gasteiger partial charge in [-0.3, -0.25) is 9.11 Å². The van der Waals surface area contributed by atoms with Gasteiger partial charge in [0.1, 0.15) is 5.52 Å². The van der Waals surface area contributed by atoms with Gasteiger partial charge in [0.2, 0.25) is 5.95 Å². The number of alkyl halides is 3. The first kappa shape index (κ1) is 28.2. The molecule has 1 aliphatic rings. The zero-order valence-corrected chi connectivity index (χ0v) is 20.1. The van der Waals surface area contributed by atoms with Crippen molar-refractivity contribution in [3.05, 3.63) is 42.4 Å². The molecule has 4 rings (SSSR count). The Morgan fingerprint density at radius 1 is 0.943 bits per heavy atom. The number of nitrogens with one attached hydrogen (secondary N) is 1. The van der Waals surface area contributed by atoms with Gasteiger partial charge in [-0.2, -0.15) is 35.0 Å². The fourth-order valence-corrected chi connectivity index (χ4v) is 2.92. The number of aromatic amines is 1. The number of anilines is 2. The highest BCUT2D eigenvalue weighted by Crippen LogP contribution is 2.32. The predicted octanol–water partition coefficient (Wildman–Crippen LogP) is 1.71. The second-order valence-corrected chi connectivity index (χ2v) is 10.2. The summed E-state index contributed by atoms with van der Waals surface area (Å²) in [6.45, 7) is 2.46. The van der Waals surface area contributed by atoms with Crippen LogP contribution in [-0.4, -0.2) is 84.6 Å². The van der Waals surface area contributed by atoms with Crippen LogP contribution >= 0.6 is 0 Å². The van der Waals surface area contributed by atoms with Gasteiger partial charge in [-0.15, -0.1) is 0 Å². The van der Waals surface area contributed by atoms with E-state index in [-0.39, 0.29) is 0 Å². The summed E-state index contributed by atoms with van der Waals surface area (Å²) in [6, 6.07) is 5.44. The van der Waals surface area contributed by atoms with E-state index in [2.05, 4.69) is 19.9 Å². The molecule has 1 aliphatic heterocycles. The summed E-state index contributed by atoms with van der Waals surface area (Å²) in [5.41, 5.74) is 1.33. The van der Waals surface area contributed by atoms with E-state index in [1.54, 1.807) is 18.6 Å². The lowest BCUT2D eigenvalue weighted by Gasteiger charge is -2.36. The number of rotatable bonds is 2. The van der Waals surface area contributed by atoms with Crippen LogP contribution in [0.2, 0.25) is 0 Å². The number of nitrogens with zero attached hydrogens (tertiary/aromatic N) is 5. The Hall–Kier alpha value is -3.02. The minimum absolute atomic E-state index is 0.582. The van der Waals surface area contributed by atoms with Gasteiger partial charge in [-0.25, -0.2) is 9.97 Å². The molecule has 1 aromatic carbocycles. The minimum Gasteiger partial charge on any atom is -0.368 e. The molecule has 3 N–H and O–H groups in total. The van der Waals surface area contributed by atoms with E-state index in [0.717, 1.165) is 11.6 Å². The van der Waals surface area contributed by atoms with Crippen molar-refractivity contribution in [2.24, 2.45) is 0 Å². The predicted molar refractivity (Wildman–Crippen MR) is 122 cm³/mol. The molecule has 2 aromatic heterocycles. The molecule has 194 valence electrons. The summed E-state index contributed by atoms with van der Waals surface area (Å²) >= 11 is 0. The van der Waals surface area contributed by atoms with Gasteiger partial charge in [0, 0.05) is 31.9 Å². The van der Waals surface area contributed by atoms with Gasteiger partial charge in [-0.05, 0) is 18.2 Å². The standard InChI is InChI=1S/C16H15F3N6.2CH4O3S/c17-16(18,19)11-2-1-3-12(8-11)24-4-6-25(7-5-24)15-20-9-13-14(23-15)22-10-21-13;2*1-5(2,3)4/h1-3,8-10H,4-7H2,(H,20,21,22,23);2*1H3,(H,2,3,4). The lowest BCUT2D eigenvalue weighted by atomic mass is 10.1. The Bertz CT molecular complexity index is 1290. The number of H-pyrrole nitrogens is 1. The lowest BCUT2D eigenvalue weighted by molar-refractivity contribution is -0.137. The van der Waals surface area contributed by atoms with Crippen molar-refractivity contribution in [2.75, 3.05) is 48.5 Å². The summed E-state index contributed by atoms with van der Waals surface area (Å²) in [5, 5.41) is 0. The minimum atomic E-state index is -4.33.